The summed E-state index contributed by atoms with van der Waals surface area (Å²) in [7, 11) is 0. The van der Waals surface area contributed by atoms with Crippen molar-refractivity contribution in [3.8, 4) is 0 Å². The second-order valence-corrected chi connectivity index (χ2v) is 7.48. The number of rotatable bonds is 4. The van der Waals surface area contributed by atoms with Crippen molar-refractivity contribution < 1.29 is 0 Å². The van der Waals surface area contributed by atoms with Crippen molar-refractivity contribution in [2.24, 2.45) is 5.92 Å². The minimum Gasteiger partial charge on any atom is -0.310 e. The maximum Gasteiger partial charge on any atom is 0.254 e. The minimum atomic E-state index is 0.0852. The van der Waals surface area contributed by atoms with E-state index in [2.05, 4.69) is 41.9 Å². The van der Waals surface area contributed by atoms with Crippen LogP contribution in [0.2, 0.25) is 0 Å². The third kappa shape index (κ3) is 3.29. The molecule has 0 radical (unpaired) electrons. The number of fused-ring (bicyclic) bond motifs is 1. The molecule has 0 bridgehead atoms. The third-order valence-corrected chi connectivity index (χ3v) is 5.28. The monoisotopic (exact) mass is 323 g/mol. The fourth-order valence-electron chi connectivity index (χ4n) is 3.58. The number of nitrogens with zero attached hydrogens (tertiary/aromatic N) is 2. The van der Waals surface area contributed by atoms with Crippen LogP contribution in [0.4, 0.5) is 0 Å². The van der Waals surface area contributed by atoms with Gasteiger partial charge in [-0.25, -0.2) is 4.98 Å². The quantitative estimate of drug-likeness (QED) is 0.941. The standard InChI is InChI=1S/C20H25N3O/c1-13-3-4-14(2)16(9-13)11-23-8-7-17-18(12-23)21-19(22-20(17)24)10-15-5-6-15/h3-4,9,15H,5-8,10-12H2,1-2H3,(H,21,22,24). The zero-order chi connectivity index (χ0) is 16.7. The van der Waals surface area contributed by atoms with Gasteiger partial charge in [-0.15, -0.1) is 0 Å². The number of hydrogen-bond acceptors (Lipinski definition) is 3. The summed E-state index contributed by atoms with van der Waals surface area (Å²) in [5, 5.41) is 0. The molecule has 1 aliphatic carbocycles. The summed E-state index contributed by atoms with van der Waals surface area (Å²) in [5.74, 6) is 1.62. The maximum atomic E-state index is 12.3. The Morgan fingerprint density at radius 1 is 1.29 bits per heavy atom. The average Bonchev–Trinajstić information content (AvgIpc) is 3.34. The number of aromatic amines is 1. The van der Waals surface area contributed by atoms with E-state index in [0.717, 1.165) is 55.5 Å². The Labute approximate surface area is 142 Å². The van der Waals surface area contributed by atoms with Crippen molar-refractivity contribution in [1.29, 1.82) is 0 Å². The molecule has 4 nitrogen and oxygen atoms in total. The molecule has 1 aromatic heterocycles. The van der Waals surface area contributed by atoms with Crippen molar-refractivity contribution in [3.05, 3.63) is 62.3 Å². The first kappa shape index (κ1) is 15.6. The topological polar surface area (TPSA) is 49.0 Å². The lowest BCUT2D eigenvalue weighted by molar-refractivity contribution is 0.239. The van der Waals surface area contributed by atoms with Gasteiger partial charge in [0.2, 0.25) is 0 Å². The van der Waals surface area contributed by atoms with Gasteiger partial charge in [0.15, 0.2) is 0 Å². The molecular formula is C20H25N3O. The molecule has 0 atom stereocenters. The smallest absolute Gasteiger partial charge is 0.254 e. The number of benzene rings is 1. The predicted molar refractivity (Wildman–Crippen MR) is 95.0 cm³/mol. The van der Waals surface area contributed by atoms with Crippen LogP contribution in [0.15, 0.2) is 23.0 Å². The molecule has 1 aliphatic heterocycles. The Morgan fingerprint density at radius 2 is 2.12 bits per heavy atom. The van der Waals surface area contributed by atoms with Gasteiger partial charge in [-0.1, -0.05) is 23.8 Å². The van der Waals surface area contributed by atoms with Crippen molar-refractivity contribution in [3.63, 3.8) is 0 Å². The zero-order valence-corrected chi connectivity index (χ0v) is 14.6. The lowest BCUT2D eigenvalue weighted by Crippen LogP contribution is -2.35. The van der Waals surface area contributed by atoms with Crippen molar-refractivity contribution >= 4 is 0 Å². The molecule has 126 valence electrons. The number of hydrogen-bond donors (Lipinski definition) is 1. The molecule has 1 saturated carbocycles. The Bertz CT molecular complexity index is 820. The molecule has 2 aromatic rings. The summed E-state index contributed by atoms with van der Waals surface area (Å²) in [6.07, 6.45) is 4.28. The van der Waals surface area contributed by atoms with Gasteiger partial charge < -0.3 is 4.98 Å². The normalized spacial score (nSPS) is 17.8. The first-order valence-electron chi connectivity index (χ1n) is 8.98. The van der Waals surface area contributed by atoms with E-state index in [9.17, 15) is 4.79 Å². The van der Waals surface area contributed by atoms with Crippen LogP contribution >= 0.6 is 0 Å². The Hall–Kier alpha value is -1.94. The largest absolute Gasteiger partial charge is 0.310 e. The van der Waals surface area contributed by atoms with Crippen molar-refractivity contribution in [1.82, 2.24) is 14.9 Å². The van der Waals surface area contributed by atoms with Crippen LogP contribution in [0.5, 0.6) is 0 Å². The van der Waals surface area contributed by atoms with Crippen LogP contribution in [-0.2, 0) is 25.9 Å². The molecule has 4 heteroatoms. The molecule has 2 heterocycles. The van der Waals surface area contributed by atoms with Gasteiger partial charge in [-0.05, 0) is 50.2 Å². The number of aryl methyl sites for hydroxylation is 2. The molecule has 1 aromatic carbocycles. The Balaban J connectivity index is 1.55. The number of aromatic nitrogens is 2. The molecule has 1 fully saturated rings. The summed E-state index contributed by atoms with van der Waals surface area (Å²) in [6.45, 7) is 6.94. The number of nitrogens with one attached hydrogen (secondary N) is 1. The molecule has 0 saturated heterocycles. The van der Waals surface area contributed by atoms with Crippen LogP contribution < -0.4 is 5.56 Å². The molecule has 0 amide bonds. The molecular weight excluding hydrogens is 298 g/mol. The highest BCUT2D eigenvalue weighted by atomic mass is 16.1. The van der Waals surface area contributed by atoms with Crippen LogP contribution in [-0.4, -0.2) is 21.4 Å². The summed E-state index contributed by atoms with van der Waals surface area (Å²) >= 11 is 0. The summed E-state index contributed by atoms with van der Waals surface area (Å²) < 4.78 is 0. The highest BCUT2D eigenvalue weighted by Gasteiger charge is 2.25. The van der Waals surface area contributed by atoms with E-state index in [1.165, 1.54) is 29.5 Å². The molecule has 0 spiro atoms. The molecule has 1 N–H and O–H groups in total. The van der Waals surface area contributed by atoms with Gasteiger partial charge in [0.25, 0.3) is 5.56 Å². The van der Waals surface area contributed by atoms with Crippen LogP contribution in [0.25, 0.3) is 0 Å². The van der Waals surface area contributed by atoms with Crippen LogP contribution in [0, 0.1) is 19.8 Å². The molecule has 0 unspecified atom stereocenters. The maximum absolute atomic E-state index is 12.3. The Kier molecular flexibility index (Phi) is 4.01. The average molecular weight is 323 g/mol. The SMILES string of the molecule is Cc1ccc(C)c(CN2CCc3c(nc(CC4CC4)[nH]c3=O)C2)c1. The first-order valence-corrected chi connectivity index (χ1v) is 8.98. The van der Waals surface area contributed by atoms with E-state index >= 15 is 0 Å². The van der Waals surface area contributed by atoms with Crippen LogP contribution in [0.3, 0.4) is 0 Å². The molecule has 2 aliphatic rings. The van der Waals surface area contributed by atoms with E-state index in [1.54, 1.807) is 0 Å². The van der Waals surface area contributed by atoms with E-state index < -0.39 is 0 Å². The molecule has 24 heavy (non-hydrogen) atoms. The van der Waals surface area contributed by atoms with E-state index in [-0.39, 0.29) is 5.56 Å². The van der Waals surface area contributed by atoms with Crippen molar-refractivity contribution in [2.75, 3.05) is 6.54 Å². The Morgan fingerprint density at radius 3 is 2.92 bits per heavy atom. The molecule has 4 rings (SSSR count). The van der Waals surface area contributed by atoms with Gasteiger partial charge >= 0.3 is 0 Å². The number of H-pyrrole nitrogens is 1. The third-order valence-electron chi connectivity index (χ3n) is 5.28. The van der Waals surface area contributed by atoms with Gasteiger partial charge in [-0.3, -0.25) is 9.69 Å². The van der Waals surface area contributed by atoms with Gasteiger partial charge in [0.1, 0.15) is 5.82 Å². The fraction of sp³-hybridized carbons (Fsp3) is 0.500. The van der Waals surface area contributed by atoms with Crippen LogP contribution in [0.1, 0.15) is 46.6 Å². The second kappa shape index (κ2) is 6.17. The first-order chi connectivity index (χ1) is 11.6. The van der Waals surface area contributed by atoms with Gasteiger partial charge in [-0.2, -0.15) is 0 Å². The summed E-state index contributed by atoms with van der Waals surface area (Å²) in [4.78, 5) is 22.5. The predicted octanol–water partition coefficient (Wildman–Crippen LogP) is 2.90. The summed E-state index contributed by atoms with van der Waals surface area (Å²) in [6, 6.07) is 6.63. The lowest BCUT2D eigenvalue weighted by Gasteiger charge is -2.28. The van der Waals surface area contributed by atoms with E-state index in [4.69, 9.17) is 4.98 Å². The van der Waals surface area contributed by atoms with E-state index in [1.807, 2.05) is 0 Å². The van der Waals surface area contributed by atoms with Gasteiger partial charge in [0.05, 0.1) is 5.69 Å². The summed E-state index contributed by atoms with van der Waals surface area (Å²) in [5.41, 5.74) is 5.98. The lowest BCUT2D eigenvalue weighted by atomic mass is 10.0. The highest BCUT2D eigenvalue weighted by Crippen LogP contribution is 2.31. The van der Waals surface area contributed by atoms with Gasteiger partial charge in [0, 0.05) is 31.6 Å². The van der Waals surface area contributed by atoms with Crippen molar-refractivity contribution in [2.45, 2.75) is 52.6 Å². The fourth-order valence-corrected chi connectivity index (χ4v) is 3.58. The highest BCUT2D eigenvalue weighted by molar-refractivity contribution is 5.31. The second-order valence-electron chi connectivity index (χ2n) is 7.48. The van der Waals surface area contributed by atoms with E-state index in [0.29, 0.717) is 0 Å². The minimum absolute atomic E-state index is 0.0852. The zero-order valence-electron chi connectivity index (χ0n) is 14.6.